The van der Waals surface area contributed by atoms with E-state index in [-0.39, 0.29) is 5.69 Å². The lowest BCUT2D eigenvalue weighted by Crippen LogP contribution is -2.29. The average Bonchev–Trinajstić information content (AvgIpc) is 2.78. The van der Waals surface area contributed by atoms with Crippen LogP contribution in [-0.2, 0) is 17.9 Å². The molecule has 0 unspecified atom stereocenters. The quantitative estimate of drug-likeness (QED) is 0.886. The smallest absolute Gasteiger partial charge is 0.361 e. The maximum Gasteiger partial charge on any atom is 0.471 e. The van der Waals surface area contributed by atoms with Gasteiger partial charge in [0, 0.05) is 24.3 Å². The van der Waals surface area contributed by atoms with Crippen LogP contribution in [0.25, 0.3) is 0 Å². The Morgan fingerprint density at radius 3 is 2.61 bits per heavy atom. The molecule has 0 bridgehead atoms. The number of hydrogen-bond acceptors (Lipinski definition) is 4. The highest BCUT2D eigenvalue weighted by molar-refractivity contribution is 5.94. The number of nitrogens with zero attached hydrogens (tertiary/aromatic N) is 1. The summed E-state index contributed by atoms with van der Waals surface area (Å²) in [4.78, 5) is 10.9. The second kappa shape index (κ2) is 6.82. The van der Waals surface area contributed by atoms with Crippen LogP contribution < -0.4 is 10.6 Å². The van der Waals surface area contributed by atoms with Gasteiger partial charge < -0.3 is 15.2 Å². The van der Waals surface area contributed by atoms with E-state index in [1.165, 1.54) is 12.1 Å². The molecule has 2 N–H and O–H groups in total. The maximum atomic E-state index is 12.2. The van der Waals surface area contributed by atoms with Crippen LogP contribution in [0.1, 0.15) is 22.6 Å². The molecule has 0 saturated heterocycles. The fourth-order valence-corrected chi connectivity index (χ4v) is 2.05. The number of benzene rings is 1. The Bertz CT molecular complexity index is 676. The van der Waals surface area contributed by atoms with E-state index in [1.807, 2.05) is 19.2 Å². The average molecular weight is 327 g/mol. The molecule has 0 atom stereocenters. The molecule has 2 aromatic rings. The number of carbonyl (C=O) groups excluding carboxylic acids is 1. The third-order valence-electron chi connectivity index (χ3n) is 3.25. The second-order valence-electron chi connectivity index (χ2n) is 5.06. The highest BCUT2D eigenvalue weighted by Crippen LogP contribution is 2.19. The largest absolute Gasteiger partial charge is 0.471 e. The van der Waals surface area contributed by atoms with E-state index in [0.717, 1.165) is 22.6 Å². The fourth-order valence-electron chi connectivity index (χ4n) is 2.05. The number of amides is 1. The lowest BCUT2D eigenvalue weighted by molar-refractivity contribution is -0.167. The van der Waals surface area contributed by atoms with Gasteiger partial charge >= 0.3 is 12.1 Å². The minimum atomic E-state index is -4.91. The van der Waals surface area contributed by atoms with E-state index >= 15 is 0 Å². The van der Waals surface area contributed by atoms with E-state index < -0.39 is 12.1 Å². The van der Waals surface area contributed by atoms with Gasteiger partial charge in [0.25, 0.3) is 0 Å². The van der Waals surface area contributed by atoms with Crippen LogP contribution in [0.3, 0.4) is 0 Å². The summed E-state index contributed by atoms with van der Waals surface area (Å²) in [5.74, 6) is -1.26. The number of nitrogens with one attached hydrogen (secondary N) is 2. The van der Waals surface area contributed by atoms with Crippen molar-refractivity contribution >= 4 is 11.6 Å². The van der Waals surface area contributed by atoms with Crippen LogP contribution in [0.4, 0.5) is 18.9 Å². The SMILES string of the molecule is Cc1noc(C)c1CNCc1cccc(NC(=O)C(F)(F)F)c1. The minimum absolute atomic E-state index is 0.101. The Hall–Kier alpha value is -2.35. The van der Waals surface area contributed by atoms with Gasteiger partial charge in [-0.3, -0.25) is 4.79 Å². The van der Waals surface area contributed by atoms with Crippen molar-refractivity contribution in [1.29, 1.82) is 0 Å². The molecule has 1 aromatic carbocycles. The Morgan fingerprint density at radius 1 is 1.26 bits per heavy atom. The molecule has 2 rings (SSSR count). The standard InChI is InChI=1S/C15H16F3N3O2/c1-9-13(10(2)23-21-9)8-19-7-11-4-3-5-12(6-11)20-14(22)15(16,17)18/h3-6,19H,7-8H2,1-2H3,(H,20,22). The van der Waals surface area contributed by atoms with Gasteiger partial charge in [-0.05, 0) is 31.5 Å². The number of alkyl halides is 3. The number of carbonyl (C=O) groups is 1. The van der Waals surface area contributed by atoms with Gasteiger partial charge in [0.2, 0.25) is 0 Å². The molecule has 5 nitrogen and oxygen atoms in total. The molecule has 8 heteroatoms. The topological polar surface area (TPSA) is 67.2 Å². The van der Waals surface area contributed by atoms with Crippen LogP contribution in [0.5, 0.6) is 0 Å². The summed E-state index contributed by atoms with van der Waals surface area (Å²) in [6.45, 7) is 4.60. The highest BCUT2D eigenvalue weighted by atomic mass is 19.4. The first-order chi connectivity index (χ1) is 10.8. The summed E-state index contributed by atoms with van der Waals surface area (Å²) in [6, 6.07) is 6.23. The number of halogens is 3. The van der Waals surface area contributed by atoms with Crippen molar-refractivity contribution in [3.05, 3.63) is 46.8 Å². The summed E-state index contributed by atoms with van der Waals surface area (Å²) < 4.78 is 41.7. The third-order valence-corrected chi connectivity index (χ3v) is 3.25. The zero-order valence-electron chi connectivity index (χ0n) is 12.6. The van der Waals surface area contributed by atoms with Gasteiger partial charge in [-0.2, -0.15) is 13.2 Å². The second-order valence-corrected chi connectivity index (χ2v) is 5.06. The maximum absolute atomic E-state index is 12.2. The number of aromatic nitrogens is 1. The zero-order chi connectivity index (χ0) is 17.0. The van der Waals surface area contributed by atoms with Crippen LogP contribution in [-0.4, -0.2) is 17.2 Å². The molecule has 124 valence electrons. The summed E-state index contributed by atoms with van der Waals surface area (Å²) in [5.41, 5.74) is 2.59. The van der Waals surface area contributed by atoms with Crippen LogP contribution in [0.15, 0.2) is 28.8 Å². The van der Waals surface area contributed by atoms with Crippen LogP contribution in [0, 0.1) is 13.8 Å². The number of aryl methyl sites for hydroxylation is 2. The van der Waals surface area contributed by atoms with Gasteiger partial charge in [-0.1, -0.05) is 17.3 Å². The lowest BCUT2D eigenvalue weighted by Gasteiger charge is -2.10. The molecular formula is C15H16F3N3O2. The van der Waals surface area contributed by atoms with E-state index in [9.17, 15) is 18.0 Å². The van der Waals surface area contributed by atoms with Gasteiger partial charge in [0.15, 0.2) is 0 Å². The molecule has 1 amide bonds. The summed E-state index contributed by atoms with van der Waals surface area (Å²) in [6.07, 6.45) is -4.91. The molecule has 0 aliphatic rings. The Kier molecular flexibility index (Phi) is 5.05. The molecule has 0 radical (unpaired) electrons. The van der Waals surface area contributed by atoms with Crippen molar-refractivity contribution in [3.8, 4) is 0 Å². The summed E-state index contributed by atoms with van der Waals surface area (Å²) in [7, 11) is 0. The van der Waals surface area contributed by atoms with Crippen molar-refractivity contribution < 1.29 is 22.5 Å². The van der Waals surface area contributed by atoms with E-state index in [4.69, 9.17) is 4.52 Å². The molecule has 1 heterocycles. The van der Waals surface area contributed by atoms with E-state index in [2.05, 4.69) is 10.5 Å². The lowest BCUT2D eigenvalue weighted by atomic mass is 10.1. The number of anilines is 1. The first-order valence-electron chi connectivity index (χ1n) is 6.87. The Labute approximate surface area is 130 Å². The first-order valence-corrected chi connectivity index (χ1v) is 6.87. The zero-order valence-corrected chi connectivity index (χ0v) is 12.6. The monoisotopic (exact) mass is 327 g/mol. The van der Waals surface area contributed by atoms with E-state index in [1.54, 1.807) is 12.1 Å². The molecule has 0 saturated carbocycles. The van der Waals surface area contributed by atoms with E-state index in [0.29, 0.717) is 13.1 Å². The van der Waals surface area contributed by atoms with Crippen molar-refractivity contribution in [2.24, 2.45) is 0 Å². The molecular weight excluding hydrogens is 311 g/mol. The Balaban J connectivity index is 1.94. The predicted molar refractivity (Wildman–Crippen MR) is 77.6 cm³/mol. The summed E-state index contributed by atoms with van der Waals surface area (Å²) in [5, 5.41) is 8.83. The van der Waals surface area contributed by atoms with Gasteiger partial charge in [-0.15, -0.1) is 0 Å². The number of rotatable bonds is 5. The molecule has 0 fully saturated rings. The summed E-state index contributed by atoms with van der Waals surface area (Å²) >= 11 is 0. The molecule has 0 aliphatic heterocycles. The molecule has 0 aliphatic carbocycles. The Morgan fingerprint density at radius 2 is 2.00 bits per heavy atom. The number of hydrogen-bond donors (Lipinski definition) is 2. The van der Waals surface area contributed by atoms with Crippen molar-refractivity contribution in [2.75, 3.05) is 5.32 Å². The van der Waals surface area contributed by atoms with Gasteiger partial charge in [-0.25, -0.2) is 0 Å². The molecule has 0 spiro atoms. The van der Waals surface area contributed by atoms with Crippen LogP contribution in [0.2, 0.25) is 0 Å². The van der Waals surface area contributed by atoms with Gasteiger partial charge in [0.05, 0.1) is 5.69 Å². The predicted octanol–water partition coefficient (Wildman–Crippen LogP) is 3.08. The third kappa shape index (κ3) is 4.56. The van der Waals surface area contributed by atoms with Gasteiger partial charge in [0.1, 0.15) is 5.76 Å². The van der Waals surface area contributed by atoms with Crippen molar-refractivity contribution in [3.63, 3.8) is 0 Å². The fraction of sp³-hybridized carbons (Fsp3) is 0.333. The van der Waals surface area contributed by atoms with Crippen LogP contribution >= 0.6 is 0 Å². The molecule has 1 aromatic heterocycles. The highest BCUT2D eigenvalue weighted by Gasteiger charge is 2.38. The minimum Gasteiger partial charge on any atom is -0.361 e. The normalized spacial score (nSPS) is 11.5. The molecule has 23 heavy (non-hydrogen) atoms. The van der Waals surface area contributed by atoms with Crippen molar-refractivity contribution in [2.45, 2.75) is 33.1 Å². The first kappa shape index (κ1) is 17.0. The van der Waals surface area contributed by atoms with Crippen molar-refractivity contribution in [1.82, 2.24) is 10.5 Å².